The molecule has 4 heteroatoms. The average molecular weight is 821 g/mol. The van der Waals surface area contributed by atoms with E-state index in [2.05, 4.69) is 200 Å². The van der Waals surface area contributed by atoms with E-state index in [0.717, 1.165) is 66.7 Å². The van der Waals surface area contributed by atoms with Gasteiger partial charge in [0.2, 0.25) is 0 Å². The molecule has 1 aliphatic heterocycles. The lowest BCUT2D eigenvalue weighted by molar-refractivity contribution is 0.670. The standard InChI is InChI=1S/C59H36N2OS/c1-2-16-38(17-3-1)52-36-53(39-34-32-37(33-35-39)40-23-14-24-45-44-21-8-12-30-54(44)62-56(40)45)61-58(60-52)47-22-5-4-18-41(47)46-25-15-29-51-57(46)63-55-31-13-11-28-50(55)59(51)48-26-9-6-19-42(48)43-20-7-10-27-49(43)59/h1-36H. The highest BCUT2D eigenvalue weighted by Gasteiger charge is 2.50. The predicted octanol–water partition coefficient (Wildman–Crippen LogP) is 15.5. The summed E-state index contributed by atoms with van der Waals surface area (Å²) in [6.07, 6.45) is 0. The summed E-state index contributed by atoms with van der Waals surface area (Å²) in [6, 6.07) is 78.3. The molecule has 0 saturated carbocycles. The van der Waals surface area contributed by atoms with E-state index < -0.39 is 5.41 Å². The molecule has 0 unspecified atom stereocenters. The molecule has 0 amide bonds. The van der Waals surface area contributed by atoms with Crippen molar-refractivity contribution in [3.63, 3.8) is 0 Å². The van der Waals surface area contributed by atoms with E-state index in [4.69, 9.17) is 14.4 Å². The van der Waals surface area contributed by atoms with E-state index in [1.54, 1.807) is 0 Å². The van der Waals surface area contributed by atoms with Gasteiger partial charge < -0.3 is 4.42 Å². The van der Waals surface area contributed by atoms with Crippen molar-refractivity contribution >= 4 is 33.7 Å². The van der Waals surface area contributed by atoms with Crippen molar-refractivity contribution in [1.82, 2.24) is 9.97 Å². The Morgan fingerprint density at radius 3 is 1.65 bits per heavy atom. The number of furan rings is 1. The first-order valence-electron chi connectivity index (χ1n) is 21.4. The first kappa shape index (κ1) is 35.9. The third-order valence-corrected chi connectivity index (χ3v) is 14.2. The molecule has 9 aromatic carbocycles. The van der Waals surface area contributed by atoms with Crippen molar-refractivity contribution in [2.45, 2.75) is 15.2 Å². The highest BCUT2D eigenvalue weighted by molar-refractivity contribution is 7.99. The Bertz CT molecular complexity index is 3560. The Labute approximate surface area is 369 Å². The van der Waals surface area contributed by atoms with Crippen molar-refractivity contribution < 1.29 is 4.42 Å². The highest BCUT2D eigenvalue weighted by atomic mass is 32.2. The Kier molecular flexibility index (Phi) is 8.06. The van der Waals surface area contributed by atoms with Crippen LogP contribution in [-0.4, -0.2) is 9.97 Å². The molecule has 3 heterocycles. The molecule has 2 aliphatic rings. The van der Waals surface area contributed by atoms with Crippen molar-refractivity contribution in [2.75, 3.05) is 0 Å². The van der Waals surface area contributed by atoms with Crippen LogP contribution < -0.4 is 0 Å². The zero-order valence-corrected chi connectivity index (χ0v) is 34.8. The molecule has 0 radical (unpaired) electrons. The number of nitrogens with zero attached hydrogens (tertiary/aromatic N) is 2. The van der Waals surface area contributed by atoms with Crippen LogP contribution >= 0.6 is 11.8 Å². The first-order chi connectivity index (χ1) is 31.2. The van der Waals surface area contributed by atoms with Gasteiger partial charge in [-0.2, -0.15) is 0 Å². The molecule has 0 saturated heterocycles. The van der Waals surface area contributed by atoms with Crippen molar-refractivity contribution in [2.24, 2.45) is 0 Å². The third-order valence-electron chi connectivity index (χ3n) is 13.0. The molecular weight excluding hydrogens is 785 g/mol. The summed E-state index contributed by atoms with van der Waals surface area (Å²) in [5.74, 6) is 0.683. The van der Waals surface area contributed by atoms with Crippen LogP contribution in [0.15, 0.2) is 233 Å². The molecule has 11 aromatic rings. The molecular formula is C59H36N2OS. The van der Waals surface area contributed by atoms with Gasteiger partial charge in [-0.1, -0.05) is 212 Å². The van der Waals surface area contributed by atoms with E-state index in [1.807, 2.05) is 30.0 Å². The molecule has 294 valence electrons. The second-order valence-corrected chi connectivity index (χ2v) is 17.4. The molecule has 0 N–H and O–H groups in total. The van der Waals surface area contributed by atoms with Crippen molar-refractivity contribution in [1.29, 1.82) is 0 Å². The summed E-state index contributed by atoms with van der Waals surface area (Å²) < 4.78 is 6.42. The van der Waals surface area contributed by atoms with Crippen molar-refractivity contribution in [3.8, 4) is 67.3 Å². The average Bonchev–Trinajstić information content (AvgIpc) is 3.88. The predicted molar refractivity (Wildman–Crippen MR) is 258 cm³/mol. The highest BCUT2D eigenvalue weighted by Crippen LogP contribution is 2.63. The molecule has 1 aliphatic carbocycles. The van der Waals surface area contributed by atoms with Crippen LogP contribution in [0.25, 0.3) is 89.2 Å². The number of rotatable bonds is 5. The summed E-state index contributed by atoms with van der Waals surface area (Å²) in [4.78, 5) is 13.3. The van der Waals surface area contributed by atoms with Gasteiger partial charge in [-0.3, -0.25) is 0 Å². The smallest absolute Gasteiger partial charge is 0.161 e. The zero-order valence-electron chi connectivity index (χ0n) is 34.0. The molecule has 13 rings (SSSR count). The fraction of sp³-hybridized carbons (Fsp3) is 0.0169. The van der Waals surface area contributed by atoms with E-state index in [1.165, 1.54) is 48.7 Å². The molecule has 3 nitrogen and oxygen atoms in total. The lowest BCUT2D eigenvalue weighted by atomic mass is 9.67. The largest absolute Gasteiger partial charge is 0.455 e. The number of hydrogen-bond donors (Lipinski definition) is 0. The van der Waals surface area contributed by atoms with Crippen LogP contribution in [0.2, 0.25) is 0 Å². The summed E-state index contributed by atoms with van der Waals surface area (Å²) in [7, 11) is 0. The molecule has 0 bridgehead atoms. The maximum atomic E-state index is 6.42. The van der Waals surface area contributed by atoms with E-state index in [0.29, 0.717) is 5.82 Å². The van der Waals surface area contributed by atoms with Gasteiger partial charge in [0.15, 0.2) is 5.82 Å². The van der Waals surface area contributed by atoms with Crippen LogP contribution in [0.1, 0.15) is 22.3 Å². The Hall–Kier alpha value is -7.79. The summed E-state index contributed by atoms with van der Waals surface area (Å²) in [5.41, 5.74) is 18.4. The second-order valence-electron chi connectivity index (χ2n) is 16.4. The third kappa shape index (κ3) is 5.41. The maximum absolute atomic E-state index is 6.42. The van der Waals surface area contributed by atoms with Gasteiger partial charge in [-0.25, -0.2) is 9.97 Å². The zero-order chi connectivity index (χ0) is 41.5. The van der Waals surface area contributed by atoms with Crippen LogP contribution in [0.5, 0.6) is 0 Å². The van der Waals surface area contributed by atoms with Gasteiger partial charge in [0.25, 0.3) is 0 Å². The Morgan fingerprint density at radius 1 is 0.365 bits per heavy atom. The van der Waals surface area contributed by atoms with Crippen molar-refractivity contribution in [3.05, 3.63) is 241 Å². The summed E-state index contributed by atoms with van der Waals surface area (Å²) in [6.45, 7) is 0. The van der Waals surface area contributed by atoms with Gasteiger partial charge in [-0.05, 0) is 68.3 Å². The molecule has 63 heavy (non-hydrogen) atoms. The Morgan fingerprint density at radius 2 is 0.889 bits per heavy atom. The van der Waals surface area contributed by atoms with Gasteiger partial charge in [0, 0.05) is 42.8 Å². The number of benzene rings is 9. The number of hydrogen-bond acceptors (Lipinski definition) is 4. The van der Waals surface area contributed by atoms with Crippen LogP contribution in [0.3, 0.4) is 0 Å². The molecule has 0 atom stereocenters. The minimum atomic E-state index is -0.464. The van der Waals surface area contributed by atoms with Crippen LogP contribution in [-0.2, 0) is 5.41 Å². The lowest BCUT2D eigenvalue weighted by Crippen LogP contribution is -2.32. The maximum Gasteiger partial charge on any atom is 0.161 e. The van der Waals surface area contributed by atoms with Crippen LogP contribution in [0, 0.1) is 0 Å². The van der Waals surface area contributed by atoms with Gasteiger partial charge in [0.05, 0.1) is 16.8 Å². The molecule has 2 aromatic heterocycles. The normalized spacial score (nSPS) is 13.1. The van der Waals surface area contributed by atoms with E-state index in [9.17, 15) is 0 Å². The van der Waals surface area contributed by atoms with Gasteiger partial charge >= 0.3 is 0 Å². The second kappa shape index (κ2) is 14.1. The number of para-hydroxylation sites is 2. The number of aromatic nitrogens is 2. The fourth-order valence-electron chi connectivity index (χ4n) is 10.3. The Balaban J connectivity index is 0.979. The quantitative estimate of drug-likeness (QED) is 0.173. The fourth-order valence-corrected chi connectivity index (χ4v) is 11.6. The number of fused-ring (bicyclic) bond motifs is 12. The minimum absolute atomic E-state index is 0.464. The monoisotopic (exact) mass is 820 g/mol. The van der Waals surface area contributed by atoms with E-state index >= 15 is 0 Å². The van der Waals surface area contributed by atoms with Gasteiger partial charge in [0.1, 0.15) is 11.2 Å². The van der Waals surface area contributed by atoms with Gasteiger partial charge in [-0.15, -0.1) is 0 Å². The lowest BCUT2D eigenvalue weighted by Gasteiger charge is -2.40. The summed E-state index contributed by atoms with van der Waals surface area (Å²) >= 11 is 1.87. The molecule has 1 spiro atoms. The first-order valence-corrected chi connectivity index (χ1v) is 22.2. The van der Waals surface area contributed by atoms with E-state index in [-0.39, 0.29) is 0 Å². The molecule has 0 fully saturated rings. The minimum Gasteiger partial charge on any atom is -0.455 e. The topological polar surface area (TPSA) is 38.9 Å². The summed E-state index contributed by atoms with van der Waals surface area (Å²) in [5, 5.41) is 2.25. The SMILES string of the molecule is c1ccc(-c2cc(-c3ccc(-c4cccc5c4oc4ccccc45)cc3)nc(-c3ccccc3-c3cccc4c3Sc3ccccc3C43c4ccccc4-c4ccccc43)n2)cc1. The van der Waals surface area contributed by atoms with Crippen LogP contribution in [0.4, 0.5) is 0 Å².